The minimum Gasteiger partial charge on any atom is -0.273 e. The minimum absolute atomic E-state index is 0.435. The molecule has 1 aromatic carbocycles. The number of hydrogen-bond donors (Lipinski definition) is 0. The van der Waals surface area contributed by atoms with E-state index in [-0.39, 0.29) is 0 Å². The molecule has 0 aliphatic carbocycles. The first-order valence-corrected chi connectivity index (χ1v) is 4.38. The van der Waals surface area contributed by atoms with Gasteiger partial charge in [-0.1, -0.05) is 15.9 Å². The number of rotatable bonds is 1. The fourth-order valence-corrected chi connectivity index (χ4v) is 1.50. The zero-order chi connectivity index (χ0) is 9.42. The summed E-state index contributed by atoms with van der Waals surface area (Å²) in [6, 6.07) is 5.08. The molecule has 0 saturated carbocycles. The lowest BCUT2D eigenvalue weighted by atomic mass is 10.3. The summed E-state index contributed by atoms with van der Waals surface area (Å²) in [6.07, 6.45) is 1.14. The lowest BCUT2D eigenvalue weighted by Crippen LogP contribution is -1.94. The largest absolute Gasteiger partial charge is 0.320 e. The summed E-state index contributed by atoms with van der Waals surface area (Å²) in [5.41, 5.74) is 1.01. The first-order valence-electron chi connectivity index (χ1n) is 3.59. The van der Waals surface area contributed by atoms with Crippen molar-refractivity contribution in [3.05, 3.63) is 29.0 Å². The van der Waals surface area contributed by atoms with E-state index >= 15 is 0 Å². The van der Waals surface area contributed by atoms with E-state index in [1.165, 1.54) is 0 Å². The predicted octanol–water partition coefficient (Wildman–Crippen LogP) is 3.19. The maximum Gasteiger partial charge on any atom is 0.320 e. The first kappa shape index (κ1) is 8.62. The van der Waals surface area contributed by atoms with E-state index in [0.717, 1.165) is 15.4 Å². The van der Waals surface area contributed by atoms with Crippen LogP contribution in [0.1, 0.15) is 6.55 Å². The summed E-state index contributed by atoms with van der Waals surface area (Å²) in [7, 11) is 0. The van der Waals surface area contributed by atoms with E-state index in [2.05, 4.69) is 20.9 Å². The van der Waals surface area contributed by atoms with E-state index < -0.39 is 6.55 Å². The summed E-state index contributed by atoms with van der Waals surface area (Å²) in [6.45, 7) is -2.54. The Morgan fingerprint density at radius 3 is 2.85 bits per heavy atom. The molecule has 0 N–H and O–H groups in total. The van der Waals surface area contributed by atoms with Crippen molar-refractivity contribution < 1.29 is 8.78 Å². The van der Waals surface area contributed by atoms with E-state index in [9.17, 15) is 8.78 Å². The number of benzene rings is 1. The van der Waals surface area contributed by atoms with Crippen LogP contribution in [-0.2, 0) is 0 Å². The molecule has 1 aromatic heterocycles. The number of nitrogens with zero attached hydrogens (tertiary/aromatic N) is 2. The Kier molecular flexibility index (Phi) is 2.03. The molecule has 2 nitrogen and oxygen atoms in total. The number of aromatic nitrogens is 2. The van der Waals surface area contributed by atoms with Crippen molar-refractivity contribution in [1.29, 1.82) is 0 Å². The molecule has 68 valence electrons. The van der Waals surface area contributed by atoms with Gasteiger partial charge in [-0.25, -0.2) is 4.98 Å². The van der Waals surface area contributed by atoms with Crippen LogP contribution in [0.3, 0.4) is 0 Å². The molecule has 0 radical (unpaired) electrons. The molecule has 2 aromatic rings. The van der Waals surface area contributed by atoms with Crippen molar-refractivity contribution in [3.63, 3.8) is 0 Å². The van der Waals surface area contributed by atoms with Gasteiger partial charge in [-0.15, -0.1) is 0 Å². The highest BCUT2D eigenvalue weighted by Crippen LogP contribution is 2.22. The third-order valence-corrected chi connectivity index (χ3v) is 2.24. The van der Waals surface area contributed by atoms with E-state index in [0.29, 0.717) is 11.0 Å². The molecular formula is C8H5BrF2N2. The van der Waals surface area contributed by atoms with Crippen LogP contribution in [0.15, 0.2) is 29.0 Å². The molecule has 0 unspecified atom stereocenters. The molecule has 0 fully saturated rings. The normalized spacial score (nSPS) is 11.4. The molecule has 1 heterocycles. The van der Waals surface area contributed by atoms with Gasteiger partial charge in [-0.2, -0.15) is 8.78 Å². The van der Waals surface area contributed by atoms with Gasteiger partial charge in [0.05, 0.1) is 11.0 Å². The fraction of sp³-hybridized carbons (Fsp3) is 0.125. The van der Waals surface area contributed by atoms with Crippen molar-refractivity contribution >= 4 is 27.0 Å². The van der Waals surface area contributed by atoms with E-state index in [1.54, 1.807) is 18.2 Å². The second kappa shape index (κ2) is 3.06. The van der Waals surface area contributed by atoms with Gasteiger partial charge in [0.25, 0.3) is 0 Å². The van der Waals surface area contributed by atoms with Crippen molar-refractivity contribution in [3.8, 4) is 0 Å². The van der Waals surface area contributed by atoms with E-state index in [4.69, 9.17) is 0 Å². The number of halogens is 3. The average molecular weight is 247 g/mol. The second-order valence-corrected chi connectivity index (χ2v) is 3.48. The van der Waals surface area contributed by atoms with E-state index in [1.807, 2.05) is 0 Å². The predicted molar refractivity (Wildman–Crippen MR) is 48.7 cm³/mol. The first-order chi connectivity index (χ1) is 6.18. The SMILES string of the molecule is FC(F)n1cnc2ccc(Br)cc21. The quantitative estimate of drug-likeness (QED) is 0.756. The molecule has 2 rings (SSSR count). The molecule has 0 aliphatic rings. The molecule has 0 bridgehead atoms. The van der Waals surface area contributed by atoms with Gasteiger partial charge in [0.1, 0.15) is 6.33 Å². The Morgan fingerprint density at radius 1 is 1.38 bits per heavy atom. The molecule has 13 heavy (non-hydrogen) atoms. The highest BCUT2D eigenvalue weighted by Gasteiger charge is 2.10. The fourth-order valence-electron chi connectivity index (χ4n) is 1.15. The molecular weight excluding hydrogens is 242 g/mol. The monoisotopic (exact) mass is 246 g/mol. The van der Waals surface area contributed by atoms with Crippen LogP contribution in [0.25, 0.3) is 11.0 Å². The molecule has 0 amide bonds. The maximum absolute atomic E-state index is 12.4. The zero-order valence-electron chi connectivity index (χ0n) is 6.42. The lowest BCUT2D eigenvalue weighted by molar-refractivity contribution is 0.0746. The number of hydrogen-bond acceptors (Lipinski definition) is 1. The second-order valence-electron chi connectivity index (χ2n) is 2.56. The zero-order valence-corrected chi connectivity index (χ0v) is 8.00. The van der Waals surface area contributed by atoms with Gasteiger partial charge in [-0.05, 0) is 18.2 Å². The smallest absolute Gasteiger partial charge is 0.273 e. The standard InChI is InChI=1S/C8H5BrF2N2/c9-5-1-2-6-7(3-5)13(4-12-6)8(10)11/h1-4,8H. The van der Waals surface area contributed by atoms with Crippen LogP contribution < -0.4 is 0 Å². The third kappa shape index (κ3) is 1.44. The average Bonchev–Trinajstić information content (AvgIpc) is 2.46. The van der Waals surface area contributed by atoms with Crippen LogP contribution in [0.5, 0.6) is 0 Å². The maximum atomic E-state index is 12.4. The Bertz CT molecular complexity index is 439. The third-order valence-electron chi connectivity index (χ3n) is 1.75. The van der Waals surface area contributed by atoms with Crippen LogP contribution in [0.2, 0.25) is 0 Å². The van der Waals surface area contributed by atoms with Crippen LogP contribution in [0.4, 0.5) is 8.78 Å². The molecule has 0 atom stereocenters. The Morgan fingerprint density at radius 2 is 2.15 bits per heavy atom. The van der Waals surface area contributed by atoms with Crippen LogP contribution in [0, 0.1) is 0 Å². The highest BCUT2D eigenvalue weighted by molar-refractivity contribution is 9.10. The van der Waals surface area contributed by atoms with Crippen molar-refractivity contribution in [1.82, 2.24) is 9.55 Å². The minimum atomic E-state index is -2.54. The van der Waals surface area contributed by atoms with Crippen LogP contribution in [-0.4, -0.2) is 9.55 Å². The van der Waals surface area contributed by atoms with Crippen LogP contribution >= 0.6 is 15.9 Å². The van der Waals surface area contributed by atoms with Crippen molar-refractivity contribution in [2.75, 3.05) is 0 Å². The summed E-state index contributed by atoms with van der Waals surface area (Å²) in [4.78, 5) is 3.84. The highest BCUT2D eigenvalue weighted by atomic mass is 79.9. The molecule has 0 spiro atoms. The molecule has 0 saturated heterocycles. The Hall–Kier alpha value is -0.970. The molecule has 0 aliphatic heterocycles. The summed E-state index contributed by atoms with van der Waals surface area (Å²) in [5, 5.41) is 0. The van der Waals surface area contributed by atoms with Gasteiger partial charge in [0.2, 0.25) is 0 Å². The number of alkyl halides is 2. The number of fused-ring (bicyclic) bond motifs is 1. The van der Waals surface area contributed by atoms with Gasteiger partial charge in [-0.3, -0.25) is 4.57 Å². The lowest BCUT2D eigenvalue weighted by Gasteiger charge is -2.00. The Labute approximate surface area is 81.3 Å². The Balaban J connectivity index is 2.71. The van der Waals surface area contributed by atoms with Gasteiger partial charge < -0.3 is 0 Å². The summed E-state index contributed by atoms with van der Waals surface area (Å²) < 4.78 is 26.3. The van der Waals surface area contributed by atoms with Crippen molar-refractivity contribution in [2.45, 2.75) is 6.55 Å². The summed E-state index contributed by atoms with van der Waals surface area (Å²) in [5.74, 6) is 0. The number of imidazole rings is 1. The topological polar surface area (TPSA) is 17.8 Å². The summed E-state index contributed by atoms with van der Waals surface area (Å²) >= 11 is 3.21. The van der Waals surface area contributed by atoms with Gasteiger partial charge in [0, 0.05) is 4.47 Å². The van der Waals surface area contributed by atoms with Crippen molar-refractivity contribution in [2.24, 2.45) is 0 Å². The molecule has 5 heteroatoms. The van der Waals surface area contributed by atoms with Gasteiger partial charge in [0.15, 0.2) is 0 Å². The van der Waals surface area contributed by atoms with Gasteiger partial charge >= 0.3 is 6.55 Å².